The number of amides is 1. The van der Waals surface area contributed by atoms with Crippen LogP contribution in [0.2, 0.25) is 0 Å². The molecule has 0 aromatic carbocycles. The van der Waals surface area contributed by atoms with Gasteiger partial charge in [-0.25, -0.2) is 15.0 Å². The number of nitrogens with zero attached hydrogens (tertiary/aromatic N) is 4. The van der Waals surface area contributed by atoms with Crippen LogP contribution in [0, 0.1) is 0 Å². The number of likely N-dealkylation sites (N-methyl/N-ethyl adjacent to an activating group) is 1. The zero-order chi connectivity index (χ0) is 19.3. The molecule has 146 valence electrons. The molecule has 0 unspecified atom stereocenters. The number of hydrogen-bond donors (Lipinski definition) is 2. The molecule has 1 saturated heterocycles. The van der Waals surface area contributed by atoms with Crippen LogP contribution in [0.5, 0.6) is 0 Å². The molecule has 3 aromatic heterocycles. The van der Waals surface area contributed by atoms with Crippen LogP contribution in [-0.2, 0) is 4.79 Å². The summed E-state index contributed by atoms with van der Waals surface area (Å²) in [5.74, 6) is 1.06. The number of anilines is 1. The lowest BCUT2D eigenvalue weighted by molar-refractivity contribution is -0.117. The van der Waals surface area contributed by atoms with E-state index < -0.39 is 0 Å². The van der Waals surface area contributed by atoms with Gasteiger partial charge in [0.2, 0.25) is 5.91 Å². The second-order valence-corrected chi connectivity index (χ2v) is 8.45. The van der Waals surface area contributed by atoms with Crippen molar-refractivity contribution in [2.45, 2.75) is 19.4 Å². The first-order valence-electron chi connectivity index (χ1n) is 9.29. The Labute approximate surface area is 171 Å². The van der Waals surface area contributed by atoms with E-state index in [0.717, 1.165) is 41.6 Å². The molecule has 2 N–H and O–H groups in total. The molecule has 0 saturated carbocycles. The van der Waals surface area contributed by atoms with E-state index in [2.05, 4.69) is 37.4 Å². The monoisotopic (exact) mass is 414 g/mol. The molecule has 4 rings (SSSR count). The summed E-state index contributed by atoms with van der Waals surface area (Å²) in [6, 6.07) is 6.20. The van der Waals surface area contributed by atoms with E-state index in [1.165, 1.54) is 11.3 Å². The van der Waals surface area contributed by atoms with Gasteiger partial charge in [0, 0.05) is 36.8 Å². The van der Waals surface area contributed by atoms with Crippen molar-refractivity contribution in [1.82, 2.24) is 25.2 Å². The Balaban J connectivity index is 1.50. The molecule has 4 heterocycles. The van der Waals surface area contributed by atoms with Gasteiger partial charge in [0.15, 0.2) is 5.82 Å². The average Bonchev–Trinajstić information content (AvgIpc) is 3.45. The highest BCUT2D eigenvalue weighted by Crippen LogP contribution is 2.27. The minimum Gasteiger partial charge on any atom is -0.313 e. The van der Waals surface area contributed by atoms with Crippen molar-refractivity contribution in [2.75, 3.05) is 31.5 Å². The third kappa shape index (κ3) is 4.61. The van der Waals surface area contributed by atoms with Gasteiger partial charge in [0.25, 0.3) is 0 Å². The number of carbonyl (C=O) groups excluding carboxylic acids is 1. The number of thiazole rings is 1. The molecule has 0 aliphatic carbocycles. The van der Waals surface area contributed by atoms with Gasteiger partial charge in [-0.2, -0.15) is 0 Å². The highest BCUT2D eigenvalue weighted by molar-refractivity contribution is 7.13. The predicted octanol–water partition coefficient (Wildman–Crippen LogP) is 2.95. The van der Waals surface area contributed by atoms with Gasteiger partial charge in [0.1, 0.15) is 16.5 Å². The molecule has 1 aliphatic rings. The third-order valence-corrected chi connectivity index (χ3v) is 6.18. The van der Waals surface area contributed by atoms with Crippen LogP contribution in [0.25, 0.3) is 21.4 Å². The number of aromatic nitrogens is 3. The SMILES string of the molecule is CCN[C@H]1CCN(CC(=O)Nc2cc(-c3nccs3)nc(-c3cccs3)n2)C1. The zero-order valence-electron chi connectivity index (χ0n) is 15.6. The molecule has 7 nitrogen and oxygen atoms in total. The van der Waals surface area contributed by atoms with E-state index in [0.29, 0.717) is 24.2 Å². The van der Waals surface area contributed by atoms with Crippen LogP contribution in [-0.4, -0.2) is 58.0 Å². The van der Waals surface area contributed by atoms with Crippen LogP contribution in [0.15, 0.2) is 35.2 Å². The summed E-state index contributed by atoms with van der Waals surface area (Å²) in [4.78, 5) is 29.3. The molecular weight excluding hydrogens is 392 g/mol. The molecule has 1 amide bonds. The van der Waals surface area contributed by atoms with Crippen molar-refractivity contribution in [3.63, 3.8) is 0 Å². The Morgan fingerprint density at radius 3 is 3.00 bits per heavy atom. The summed E-state index contributed by atoms with van der Waals surface area (Å²) < 4.78 is 0. The normalized spacial score (nSPS) is 17.1. The van der Waals surface area contributed by atoms with Gasteiger partial charge in [-0.15, -0.1) is 22.7 Å². The van der Waals surface area contributed by atoms with Crippen molar-refractivity contribution in [2.24, 2.45) is 0 Å². The number of thiophene rings is 1. The van der Waals surface area contributed by atoms with Gasteiger partial charge in [-0.05, 0) is 24.4 Å². The Bertz CT molecular complexity index is 860. The van der Waals surface area contributed by atoms with Crippen molar-refractivity contribution in [1.29, 1.82) is 0 Å². The van der Waals surface area contributed by atoms with E-state index in [1.807, 2.05) is 22.9 Å². The molecule has 1 fully saturated rings. The summed E-state index contributed by atoms with van der Waals surface area (Å²) in [5, 5.41) is 11.1. The highest BCUT2D eigenvalue weighted by Gasteiger charge is 2.23. The van der Waals surface area contributed by atoms with Crippen LogP contribution < -0.4 is 10.6 Å². The number of nitrogens with one attached hydrogen (secondary N) is 2. The highest BCUT2D eigenvalue weighted by atomic mass is 32.1. The van der Waals surface area contributed by atoms with Gasteiger partial charge in [-0.3, -0.25) is 9.69 Å². The summed E-state index contributed by atoms with van der Waals surface area (Å²) in [7, 11) is 0. The summed E-state index contributed by atoms with van der Waals surface area (Å²) in [5.41, 5.74) is 0.720. The molecule has 28 heavy (non-hydrogen) atoms. The van der Waals surface area contributed by atoms with Crippen molar-refractivity contribution in [3.05, 3.63) is 35.2 Å². The lowest BCUT2D eigenvalue weighted by Gasteiger charge is -2.16. The minimum atomic E-state index is -0.0573. The molecular formula is C19H22N6OS2. The van der Waals surface area contributed by atoms with E-state index in [9.17, 15) is 4.79 Å². The lowest BCUT2D eigenvalue weighted by Crippen LogP contribution is -2.36. The fraction of sp³-hybridized carbons (Fsp3) is 0.368. The Hall–Kier alpha value is -2.20. The van der Waals surface area contributed by atoms with Crippen molar-refractivity contribution in [3.8, 4) is 21.4 Å². The van der Waals surface area contributed by atoms with Crippen LogP contribution in [0.3, 0.4) is 0 Å². The molecule has 0 spiro atoms. The first kappa shape index (κ1) is 19.1. The van der Waals surface area contributed by atoms with Crippen LogP contribution in [0.4, 0.5) is 5.82 Å². The Morgan fingerprint density at radius 2 is 2.25 bits per heavy atom. The maximum absolute atomic E-state index is 12.6. The van der Waals surface area contributed by atoms with E-state index in [1.54, 1.807) is 23.6 Å². The quantitative estimate of drug-likeness (QED) is 0.619. The standard InChI is InChI=1S/C19H22N6OS2/c1-2-20-13-5-7-25(11-13)12-17(26)23-16-10-14(19-21-6-9-28-19)22-18(24-16)15-4-3-8-27-15/h3-4,6,8-10,13,20H,2,5,7,11-12H2,1H3,(H,22,23,24,26)/t13-/m0/s1. The Kier molecular flexibility index (Phi) is 6.06. The van der Waals surface area contributed by atoms with Gasteiger partial charge in [-0.1, -0.05) is 13.0 Å². The molecule has 3 aromatic rings. The summed E-state index contributed by atoms with van der Waals surface area (Å²) in [6.07, 6.45) is 2.82. The van der Waals surface area contributed by atoms with Crippen molar-refractivity contribution < 1.29 is 4.79 Å². The zero-order valence-corrected chi connectivity index (χ0v) is 17.2. The maximum Gasteiger partial charge on any atom is 0.239 e. The number of rotatable bonds is 7. The molecule has 0 radical (unpaired) electrons. The van der Waals surface area contributed by atoms with E-state index in [4.69, 9.17) is 0 Å². The van der Waals surface area contributed by atoms with Crippen LogP contribution >= 0.6 is 22.7 Å². The van der Waals surface area contributed by atoms with Crippen LogP contribution in [0.1, 0.15) is 13.3 Å². The molecule has 0 bridgehead atoms. The largest absolute Gasteiger partial charge is 0.313 e. The summed E-state index contributed by atoms with van der Waals surface area (Å²) in [6.45, 7) is 5.26. The third-order valence-electron chi connectivity index (χ3n) is 4.52. The molecule has 1 atom stereocenters. The molecule has 1 aliphatic heterocycles. The fourth-order valence-corrected chi connectivity index (χ4v) is 4.56. The van der Waals surface area contributed by atoms with Crippen molar-refractivity contribution >= 4 is 34.4 Å². The second kappa shape index (κ2) is 8.87. The Morgan fingerprint density at radius 1 is 1.32 bits per heavy atom. The number of hydrogen-bond acceptors (Lipinski definition) is 8. The van der Waals surface area contributed by atoms with Gasteiger partial charge in [0.05, 0.1) is 11.4 Å². The number of carbonyl (C=O) groups is 1. The lowest BCUT2D eigenvalue weighted by atomic mass is 10.3. The number of likely N-dealkylation sites (tertiary alicyclic amines) is 1. The first-order chi connectivity index (χ1) is 13.7. The molecule has 9 heteroatoms. The van der Waals surface area contributed by atoms with E-state index in [-0.39, 0.29) is 5.91 Å². The minimum absolute atomic E-state index is 0.0573. The van der Waals surface area contributed by atoms with Gasteiger partial charge < -0.3 is 10.6 Å². The summed E-state index contributed by atoms with van der Waals surface area (Å²) >= 11 is 3.09. The first-order valence-corrected chi connectivity index (χ1v) is 11.1. The maximum atomic E-state index is 12.6. The smallest absolute Gasteiger partial charge is 0.239 e. The average molecular weight is 415 g/mol. The van der Waals surface area contributed by atoms with E-state index >= 15 is 0 Å². The second-order valence-electron chi connectivity index (χ2n) is 6.60. The van der Waals surface area contributed by atoms with Gasteiger partial charge >= 0.3 is 0 Å². The fourth-order valence-electron chi connectivity index (χ4n) is 3.30. The predicted molar refractivity (Wildman–Crippen MR) is 114 cm³/mol. The topological polar surface area (TPSA) is 83.0 Å².